The largest absolute Gasteiger partial charge is 0.426 e. The van der Waals surface area contributed by atoms with Crippen LogP contribution < -0.4 is 4.74 Å². The van der Waals surface area contributed by atoms with Crippen molar-refractivity contribution in [3.05, 3.63) is 66.2 Å². The van der Waals surface area contributed by atoms with Gasteiger partial charge in [0.05, 0.1) is 18.6 Å². The molecule has 0 unspecified atom stereocenters. The summed E-state index contributed by atoms with van der Waals surface area (Å²) in [6.07, 6.45) is 7.91. The third kappa shape index (κ3) is 8.71. The maximum Gasteiger partial charge on any atom is 0.314 e. The molecule has 2 aromatic carbocycles. The first-order valence-corrected chi connectivity index (χ1v) is 10.6. The Labute approximate surface area is 170 Å². The molecule has 2 aromatic rings. The number of esters is 1. The van der Waals surface area contributed by atoms with Crippen molar-refractivity contribution < 1.29 is 14.3 Å². The van der Waals surface area contributed by atoms with Crippen LogP contribution in [0, 0.1) is 5.92 Å². The van der Waals surface area contributed by atoms with Crippen LogP contribution in [0.5, 0.6) is 5.75 Å². The fraction of sp³-hybridized carbons (Fsp3) is 0.480. The Morgan fingerprint density at radius 1 is 0.893 bits per heavy atom. The highest BCUT2D eigenvalue weighted by atomic mass is 16.5. The average Bonchev–Trinajstić information content (AvgIpc) is 2.73. The van der Waals surface area contributed by atoms with Gasteiger partial charge >= 0.3 is 5.97 Å². The smallest absolute Gasteiger partial charge is 0.314 e. The first kappa shape index (κ1) is 22.2. The van der Waals surface area contributed by atoms with E-state index in [1.54, 1.807) is 0 Å². The van der Waals surface area contributed by atoms with Gasteiger partial charge in [0.2, 0.25) is 0 Å². The standard InChI is InChI=1S/C25H34O3/c1-3-4-5-6-11-18-24(27-20-22-14-9-7-10-15-22)19-21(2)25(26)28-23-16-12-8-13-17-23/h7-10,12-17,21,24H,3-6,11,18-20H2,1-2H3/t21-,24-/m0/s1. The Balaban J connectivity index is 1.85. The van der Waals surface area contributed by atoms with Crippen molar-refractivity contribution in [2.24, 2.45) is 5.92 Å². The summed E-state index contributed by atoms with van der Waals surface area (Å²) in [4.78, 5) is 12.5. The van der Waals surface area contributed by atoms with Crippen molar-refractivity contribution in [2.45, 2.75) is 71.5 Å². The predicted octanol–water partition coefficient (Wildman–Crippen LogP) is 6.56. The van der Waals surface area contributed by atoms with Crippen LogP contribution in [0.1, 0.15) is 64.4 Å². The van der Waals surface area contributed by atoms with Crippen LogP contribution in [0.2, 0.25) is 0 Å². The molecule has 3 nitrogen and oxygen atoms in total. The second kappa shape index (κ2) is 13.1. The molecular weight excluding hydrogens is 348 g/mol. The summed E-state index contributed by atoms with van der Waals surface area (Å²) < 4.78 is 11.7. The molecule has 3 heteroatoms. The van der Waals surface area contributed by atoms with Crippen LogP contribution in [-0.4, -0.2) is 12.1 Å². The summed E-state index contributed by atoms with van der Waals surface area (Å²) >= 11 is 0. The lowest BCUT2D eigenvalue weighted by Gasteiger charge is -2.21. The average molecular weight is 383 g/mol. The van der Waals surface area contributed by atoms with Crippen LogP contribution in [0.15, 0.2) is 60.7 Å². The first-order valence-electron chi connectivity index (χ1n) is 10.6. The Morgan fingerprint density at radius 2 is 1.54 bits per heavy atom. The number of benzene rings is 2. The molecule has 2 rings (SSSR count). The molecule has 0 heterocycles. The minimum absolute atomic E-state index is 0.0696. The molecule has 0 fully saturated rings. The van der Waals surface area contributed by atoms with Crippen molar-refractivity contribution in [1.29, 1.82) is 0 Å². The zero-order valence-electron chi connectivity index (χ0n) is 17.3. The number of hydrogen-bond acceptors (Lipinski definition) is 3. The summed E-state index contributed by atoms with van der Waals surface area (Å²) in [7, 11) is 0. The van der Waals surface area contributed by atoms with Crippen LogP contribution in [0.25, 0.3) is 0 Å². The SMILES string of the molecule is CCCCCCC[C@@H](C[C@H](C)C(=O)Oc1ccccc1)OCc1ccccc1. The third-order valence-corrected chi connectivity index (χ3v) is 4.94. The number of unbranched alkanes of at least 4 members (excludes halogenated alkanes) is 4. The van der Waals surface area contributed by atoms with Crippen LogP contribution in [0.3, 0.4) is 0 Å². The van der Waals surface area contributed by atoms with Gasteiger partial charge in [-0.2, -0.15) is 0 Å². The fourth-order valence-corrected chi connectivity index (χ4v) is 3.23. The molecule has 0 N–H and O–H groups in total. The number of hydrogen-bond donors (Lipinski definition) is 0. The van der Waals surface area contributed by atoms with Crippen LogP contribution >= 0.6 is 0 Å². The molecule has 152 valence electrons. The maximum absolute atomic E-state index is 12.5. The second-order valence-corrected chi connectivity index (χ2v) is 7.49. The summed E-state index contributed by atoms with van der Waals surface area (Å²) in [5.74, 6) is 0.211. The predicted molar refractivity (Wildman–Crippen MR) is 114 cm³/mol. The van der Waals surface area contributed by atoms with E-state index < -0.39 is 0 Å². The van der Waals surface area contributed by atoms with Gasteiger partial charge in [0.25, 0.3) is 0 Å². The highest BCUT2D eigenvalue weighted by Crippen LogP contribution is 2.20. The zero-order chi connectivity index (χ0) is 20.0. The highest BCUT2D eigenvalue weighted by Gasteiger charge is 2.21. The van der Waals surface area contributed by atoms with E-state index in [9.17, 15) is 4.79 Å². The maximum atomic E-state index is 12.5. The van der Waals surface area contributed by atoms with Crippen LogP contribution in [-0.2, 0) is 16.1 Å². The van der Waals surface area contributed by atoms with E-state index in [4.69, 9.17) is 9.47 Å². The summed E-state index contributed by atoms with van der Waals surface area (Å²) in [5, 5.41) is 0. The Morgan fingerprint density at radius 3 is 2.21 bits per heavy atom. The molecule has 0 saturated heterocycles. The van der Waals surface area contributed by atoms with Gasteiger partial charge in [-0.3, -0.25) is 4.79 Å². The van der Waals surface area contributed by atoms with Crippen molar-refractivity contribution in [3.8, 4) is 5.75 Å². The minimum Gasteiger partial charge on any atom is -0.426 e. The molecule has 0 bridgehead atoms. The van der Waals surface area contributed by atoms with E-state index in [0.717, 1.165) is 18.4 Å². The van der Waals surface area contributed by atoms with Gasteiger partial charge in [-0.05, 0) is 30.5 Å². The molecule has 0 amide bonds. The van der Waals surface area contributed by atoms with Crippen molar-refractivity contribution in [3.63, 3.8) is 0 Å². The molecular formula is C25H34O3. The van der Waals surface area contributed by atoms with Crippen molar-refractivity contribution in [2.75, 3.05) is 0 Å². The molecule has 0 aliphatic rings. The second-order valence-electron chi connectivity index (χ2n) is 7.49. The molecule has 0 radical (unpaired) electrons. The van der Waals surface area contributed by atoms with Gasteiger partial charge in [0.1, 0.15) is 5.75 Å². The van der Waals surface area contributed by atoms with E-state index in [1.807, 2.05) is 55.5 Å². The van der Waals surface area contributed by atoms with Crippen molar-refractivity contribution >= 4 is 5.97 Å². The van der Waals surface area contributed by atoms with Crippen LogP contribution in [0.4, 0.5) is 0 Å². The molecule has 0 spiro atoms. The number of ether oxygens (including phenoxy) is 2. The number of carbonyl (C=O) groups excluding carboxylic acids is 1. The summed E-state index contributed by atoms with van der Waals surface area (Å²) in [6.45, 7) is 4.74. The summed E-state index contributed by atoms with van der Waals surface area (Å²) in [5.41, 5.74) is 1.16. The van der Waals surface area contributed by atoms with E-state index in [0.29, 0.717) is 18.8 Å². The van der Waals surface area contributed by atoms with Gasteiger partial charge < -0.3 is 9.47 Å². The lowest BCUT2D eigenvalue weighted by Crippen LogP contribution is -2.24. The fourth-order valence-electron chi connectivity index (χ4n) is 3.23. The monoisotopic (exact) mass is 382 g/mol. The number of para-hydroxylation sites is 1. The lowest BCUT2D eigenvalue weighted by molar-refractivity contribution is -0.139. The van der Waals surface area contributed by atoms with Gasteiger partial charge in [0, 0.05) is 0 Å². The number of rotatable bonds is 13. The zero-order valence-corrected chi connectivity index (χ0v) is 17.3. The van der Waals surface area contributed by atoms with E-state index in [1.165, 1.54) is 25.7 Å². The van der Waals surface area contributed by atoms with Gasteiger partial charge in [-0.25, -0.2) is 0 Å². The topological polar surface area (TPSA) is 35.5 Å². The van der Waals surface area contributed by atoms with Gasteiger partial charge in [-0.15, -0.1) is 0 Å². The highest BCUT2D eigenvalue weighted by molar-refractivity contribution is 5.74. The molecule has 0 aliphatic heterocycles. The lowest BCUT2D eigenvalue weighted by atomic mass is 9.98. The minimum atomic E-state index is -0.198. The summed E-state index contributed by atoms with van der Waals surface area (Å²) in [6, 6.07) is 19.5. The van der Waals surface area contributed by atoms with Crippen molar-refractivity contribution in [1.82, 2.24) is 0 Å². The quantitative estimate of drug-likeness (QED) is 0.223. The van der Waals surface area contributed by atoms with Gasteiger partial charge in [0.15, 0.2) is 0 Å². The molecule has 28 heavy (non-hydrogen) atoms. The van der Waals surface area contributed by atoms with E-state index in [-0.39, 0.29) is 18.0 Å². The normalized spacial score (nSPS) is 13.1. The third-order valence-electron chi connectivity index (χ3n) is 4.94. The Hall–Kier alpha value is -2.13. The Kier molecular flexibility index (Phi) is 10.4. The molecule has 2 atom stereocenters. The molecule has 0 aromatic heterocycles. The Bertz CT molecular complexity index is 654. The van der Waals surface area contributed by atoms with E-state index >= 15 is 0 Å². The first-order chi connectivity index (χ1) is 13.7. The van der Waals surface area contributed by atoms with E-state index in [2.05, 4.69) is 19.1 Å². The molecule has 0 aliphatic carbocycles. The number of carbonyl (C=O) groups is 1. The van der Waals surface area contributed by atoms with Gasteiger partial charge in [-0.1, -0.05) is 94.5 Å². The molecule has 0 saturated carbocycles.